The van der Waals surface area contributed by atoms with Gasteiger partial charge in [-0.25, -0.2) is 4.98 Å². The summed E-state index contributed by atoms with van der Waals surface area (Å²) in [7, 11) is 0. The van der Waals surface area contributed by atoms with Gasteiger partial charge in [0, 0.05) is 17.8 Å². The molecule has 4 N–H and O–H groups in total. The van der Waals surface area contributed by atoms with Crippen LogP contribution in [0.15, 0.2) is 18.3 Å². The van der Waals surface area contributed by atoms with Crippen molar-refractivity contribution in [1.29, 1.82) is 0 Å². The third-order valence-corrected chi connectivity index (χ3v) is 2.55. The zero-order valence-corrected chi connectivity index (χ0v) is 8.83. The van der Waals surface area contributed by atoms with E-state index in [4.69, 9.17) is 11.5 Å². The summed E-state index contributed by atoms with van der Waals surface area (Å²) in [5.41, 5.74) is 12.7. The van der Waals surface area contributed by atoms with E-state index in [-0.39, 0.29) is 18.4 Å². The summed E-state index contributed by atoms with van der Waals surface area (Å²) in [6.07, 6.45) is 5.40. The summed E-state index contributed by atoms with van der Waals surface area (Å²) in [5, 5.41) is 0. The fraction of sp³-hybridized carbons (Fsp3) is 0.500. The molecule has 0 unspecified atom stereocenters. The van der Waals surface area contributed by atoms with Crippen LogP contribution in [-0.4, -0.2) is 4.98 Å². The summed E-state index contributed by atoms with van der Waals surface area (Å²) >= 11 is 0. The van der Waals surface area contributed by atoms with Crippen LogP contribution in [0.25, 0.3) is 0 Å². The van der Waals surface area contributed by atoms with Crippen LogP contribution in [-0.2, 0) is 0 Å². The molecule has 4 heteroatoms. The molecule has 0 radical (unpaired) electrons. The van der Waals surface area contributed by atoms with Gasteiger partial charge in [-0.05, 0) is 18.4 Å². The van der Waals surface area contributed by atoms with E-state index in [9.17, 15) is 0 Å². The van der Waals surface area contributed by atoms with Gasteiger partial charge in [-0.15, -0.1) is 12.4 Å². The fourth-order valence-electron chi connectivity index (χ4n) is 1.58. The molecular formula is C10H16ClN3. The number of hydrogen-bond donors (Lipinski definition) is 2. The maximum atomic E-state index is 6.02. The molecule has 0 spiro atoms. The highest BCUT2D eigenvalue weighted by Crippen LogP contribution is 2.37. The molecule has 1 saturated carbocycles. The molecule has 0 amide bonds. The van der Waals surface area contributed by atoms with Gasteiger partial charge < -0.3 is 11.5 Å². The van der Waals surface area contributed by atoms with Gasteiger partial charge in [0.15, 0.2) is 0 Å². The van der Waals surface area contributed by atoms with Crippen LogP contribution >= 0.6 is 12.4 Å². The fourth-order valence-corrected chi connectivity index (χ4v) is 1.58. The first-order chi connectivity index (χ1) is 6.27. The van der Waals surface area contributed by atoms with Crippen molar-refractivity contribution >= 4 is 18.2 Å². The van der Waals surface area contributed by atoms with Crippen LogP contribution in [0, 0.1) is 5.92 Å². The summed E-state index contributed by atoms with van der Waals surface area (Å²) in [6.45, 7) is 0. The van der Waals surface area contributed by atoms with E-state index in [2.05, 4.69) is 4.98 Å². The van der Waals surface area contributed by atoms with Gasteiger partial charge in [0.25, 0.3) is 0 Å². The van der Waals surface area contributed by atoms with Gasteiger partial charge in [0.1, 0.15) is 5.82 Å². The maximum Gasteiger partial charge on any atom is 0.128 e. The average molecular weight is 214 g/mol. The lowest BCUT2D eigenvalue weighted by Crippen LogP contribution is -2.13. The molecule has 0 saturated heterocycles. The molecule has 1 aromatic heterocycles. The first kappa shape index (κ1) is 11.3. The lowest BCUT2D eigenvalue weighted by Gasteiger charge is -2.12. The Bertz CT molecular complexity index is 299. The molecule has 1 aliphatic rings. The van der Waals surface area contributed by atoms with Crippen LogP contribution in [0.2, 0.25) is 0 Å². The first-order valence-corrected chi connectivity index (χ1v) is 4.73. The quantitative estimate of drug-likeness (QED) is 0.806. The van der Waals surface area contributed by atoms with Gasteiger partial charge in [-0.1, -0.05) is 18.9 Å². The molecule has 2 rings (SSSR count). The Balaban J connectivity index is 0.000000980. The van der Waals surface area contributed by atoms with E-state index in [1.54, 1.807) is 6.20 Å². The van der Waals surface area contributed by atoms with Crippen LogP contribution in [0.1, 0.15) is 30.9 Å². The number of halogens is 1. The molecule has 14 heavy (non-hydrogen) atoms. The second-order valence-electron chi connectivity index (χ2n) is 3.76. The van der Waals surface area contributed by atoms with E-state index in [0.29, 0.717) is 5.82 Å². The largest absolute Gasteiger partial charge is 0.383 e. The van der Waals surface area contributed by atoms with E-state index in [1.165, 1.54) is 12.8 Å². The topological polar surface area (TPSA) is 64.9 Å². The molecule has 1 heterocycles. The second kappa shape index (κ2) is 4.62. The van der Waals surface area contributed by atoms with Gasteiger partial charge >= 0.3 is 0 Å². The normalized spacial score (nSPS) is 17.2. The highest BCUT2D eigenvalue weighted by molar-refractivity contribution is 5.85. The van der Waals surface area contributed by atoms with Crippen molar-refractivity contribution in [2.24, 2.45) is 11.7 Å². The van der Waals surface area contributed by atoms with Crippen molar-refractivity contribution < 1.29 is 0 Å². The predicted molar refractivity (Wildman–Crippen MR) is 60.2 cm³/mol. The highest BCUT2D eigenvalue weighted by atomic mass is 35.5. The van der Waals surface area contributed by atoms with E-state index < -0.39 is 0 Å². The van der Waals surface area contributed by atoms with E-state index in [0.717, 1.165) is 17.9 Å². The maximum absolute atomic E-state index is 6.02. The number of rotatable bonds is 3. The Morgan fingerprint density at radius 2 is 2.21 bits per heavy atom. The third-order valence-electron chi connectivity index (χ3n) is 2.55. The Kier molecular flexibility index (Phi) is 3.72. The number of nitrogens with two attached hydrogens (primary N) is 2. The molecule has 0 aliphatic heterocycles. The number of pyridine rings is 1. The van der Waals surface area contributed by atoms with Gasteiger partial charge in [0.05, 0.1) is 0 Å². The van der Waals surface area contributed by atoms with Crippen molar-refractivity contribution in [3.63, 3.8) is 0 Å². The Morgan fingerprint density at radius 3 is 2.79 bits per heavy atom. The zero-order chi connectivity index (χ0) is 9.26. The van der Waals surface area contributed by atoms with Crippen LogP contribution in [0.3, 0.4) is 0 Å². The predicted octanol–water partition coefficient (Wildman–Crippen LogP) is 1.89. The van der Waals surface area contributed by atoms with Crippen LogP contribution < -0.4 is 11.5 Å². The standard InChI is InChI=1S/C10H15N3.ClH/c11-9(6-7-3-4-7)8-2-1-5-13-10(8)12;/h1-2,5,7,9H,3-4,6,11H2,(H2,12,13);1H/t9-;/m0./s1. The molecule has 1 atom stereocenters. The lowest BCUT2D eigenvalue weighted by molar-refractivity contribution is 0.597. The Hall–Kier alpha value is -0.800. The van der Waals surface area contributed by atoms with Crippen LogP contribution in [0.4, 0.5) is 5.82 Å². The number of nitrogen functional groups attached to an aromatic ring is 1. The molecule has 78 valence electrons. The van der Waals surface area contributed by atoms with Gasteiger partial charge in [-0.2, -0.15) is 0 Å². The minimum Gasteiger partial charge on any atom is -0.383 e. The number of hydrogen-bond acceptors (Lipinski definition) is 3. The molecule has 1 aliphatic carbocycles. The van der Waals surface area contributed by atoms with Crippen molar-refractivity contribution in [3.8, 4) is 0 Å². The SMILES string of the molecule is Cl.Nc1ncccc1[C@@H](N)CC1CC1. The van der Waals surface area contributed by atoms with Crippen molar-refractivity contribution in [2.45, 2.75) is 25.3 Å². The number of aromatic nitrogens is 1. The lowest BCUT2D eigenvalue weighted by atomic mass is 10.0. The smallest absolute Gasteiger partial charge is 0.128 e. The molecular weight excluding hydrogens is 198 g/mol. The van der Waals surface area contributed by atoms with Gasteiger partial charge in [-0.3, -0.25) is 0 Å². The molecule has 3 nitrogen and oxygen atoms in total. The molecule has 0 bridgehead atoms. The Morgan fingerprint density at radius 1 is 1.50 bits per heavy atom. The van der Waals surface area contributed by atoms with Crippen molar-refractivity contribution in [3.05, 3.63) is 23.9 Å². The van der Waals surface area contributed by atoms with Crippen molar-refractivity contribution in [2.75, 3.05) is 5.73 Å². The average Bonchev–Trinajstić information content (AvgIpc) is 2.89. The highest BCUT2D eigenvalue weighted by Gasteiger charge is 2.25. The van der Waals surface area contributed by atoms with Crippen molar-refractivity contribution in [1.82, 2.24) is 4.98 Å². The molecule has 0 aromatic carbocycles. The van der Waals surface area contributed by atoms with Gasteiger partial charge in [0.2, 0.25) is 0 Å². The minimum absolute atomic E-state index is 0. The summed E-state index contributed by atoms with van der Waals surface area (Å²) in [5.74, 6) is 1.41. The summed E-state index contributed by atoms with van der Waals surface area (Å²) in [6, 6.07) is 3.93. The third kappa shape index (κ3) is 2.59. The Labute approximate surface area is 90.3 Å². The molecule has 1 fully saturated rings. The monoisotopic (exact) mass is 213 g/mol. The van der Waals surface area contributed by atoms with Crippen LogP contribution in [0.5, 0.6) is 0 Å². The first-order valence-electron chi connectivity index (χ1n) is 4.73. The molecule has 1 aromatic rings. The number of anilines is 1. The van der Waals surface area contributed by atoms with E-state index in [1.807, 2.05) is 12.1 Å². The summed E-state index contributed by atoms with van der Waals surface area (Å²) < 4.78 is 0. The summed E-state index contributed by atoms with van der Waals surface area (Å²) in [4.78, 5) is 4.03. The number of nitrogens with zero attached hydrogens (tertiary/aromatic N) is 1. The second-order valence-corrected chi connectivity index (χ2v) is 3.76. The zero-order valence-electron chi connectivity index (χ0n) is 8.02. The van der Waals surface area contributed by atoms with E-state index >= 15 is 0 Å². The minimum atomic E-state index is 0.